The van der Waals surface area contributed by atoms with Crippen molar-refractivity contribution in [1.29, 1.82) is 0 Å². The van der Waals surface area contributed by atoms with Crippen LogP contribution in [0, 0.1) is 6.92 Å². The molecule has 0 amide bonds. The van der Waals surface area contributed by atoms with E-state index in [1.54, 1.807) is 0 Å². The smallest absolute Gasteiger partial charge is 0.0159 e. The minimum Gasteiger partial charge on any atom is -0.0610 e. The van der Waals surface area contributed by atoms with E-state index in [0.29, 0.717) is 0 Å². The van der Waals surface area contributed by atoms with Crippen LogP contribution in [0.15, 0.2) is 115 Å². The first kappa shape index (κ1) is 21.6. The predicted molar refractivity (Wildman–Crippen MR) is 163 cm³/mol. The first-order valence-electron chi connectivity index (χ1n) is 13.5. The van der Waals surface area contributed by atoms with Gasteiger partial charge in [0, 0.05) is 5.41 Å². The van der Waals surface area contributed by atoms with Crippen molar-refractivity contribution >= 4 is 32.3 Å². The van der Waals surface area contributed by atoms with Gasteiger partial charge in [-0.15, -0.1) is 0 Å². The molecule has 0 saturated heterocycles. The SMILES string of the molecule is Cc1ccc2c(c1)C(C)(C)c1cc(-c3ccc(-c4ccc5ccc6cccc7ccc4c5c67)cc3)ccc1-2. The van der Waals surface area contributed by atoms with Gasteiger partial charge in [0.05, 0.1) is 0 Å². The summed E-state index contributed by atoms with van der Waals surface area (Å²) in [6, 6.07) is 43.3. The van der Waals surface area contributed by atoms with E-state index in [-0.39, 0.29) is 5.41 Å². The van der Waals surface area contributed by atoms with Crippen molar-refractivity contribution < 1.29 is 0 Å². The summed E-state index contributed by atoms with van der Waals surface area (Å²) in [7, 11) is 0. The van der Waals surface area contributed by atoms with Crippen LogP contribution in [0.1, 0.15) is 30.5 Å². The van der Waals surface area contributed by atoms with Gasteiger partial charge in [0.1, 0.15) is 0 Å². The summed E-state index contributed by atoms with van der Waals surface area (Å²) in [5.41, 5.74) is 12.0. The molecule has 0 N–H and O–H groups in total. The topological polar surface area (TPSA) is 0 Å². The van der Waals surface area contributed by atoms with Crippen LogP contribution in [0.3, 0.4) is 0 Å². The minimum absolute atomic E-state index is 0.00829. The predicted octanol–water partition coefficient (Wildman–Crippen LogP) is 10.5. The van der Waals surface area contributed by atoms with E-state index in [2.05, 4.69) is 136 Å². The molecule has 0 heterocycles. The highest BCUT2D eigenvalue weighted by molar-refractivity contribution is 6.25. The highest BCUT2D eigenvalue weighted by Gasteiger charge is 2.35. The Hall–Kier alpha value is -4.42. The third-order valence-electron chi connectivity index (χ3n) is 8.89. The van der Waals surface area contributed by atoms with E-state index in [4.69, 9.17) is 0 Å². The lowest BCUT2D eigenvalue weighted by Gasteiger charge is -2.22. The number of rotatable bonds is 2. The lowest BCUT2D eigenvalue weighted by molar-refractivity contribution is 0.660. The Morgan fingerprint density at radius 2 is 1.00 bits per heavy atom. The zero-order chi connectivity index (χ0) is 25.6. The largest absolute Gasteiger partial charge is 0.0610 e. The molecule has 0 atom stereocenters. The molecule has 0 bridgehead atoms. The fourth-order valence-corrected chi connectivity index (χ4v) is 6.86. The van der Waals surface area contributed by atoms with Gasteiger partial charge in [-0.1, -0.05) is 129 Å². The quantitative estimate of drug-likeness (QED) is 0.214. The normalized spacial score (nSPS) is 13.9. The van der Waals surface area contributed by atoms with Crippen LogP contribution in [-0.2, 0) is 5.41 Å². The Bertz CT molecular complexity index is 2020. The minimum atomic E-state index is 0.00829. The van der Waals surface area contributed by atoms with Crippen molar-refractivity contribution in [2.45, 2.75) is 26.2 Å². The van der Waals surface area contributed by atoms with Gasteiger partial charge >= 0.3 is 0 Å². The highest BCUT2D eigenvalue weighted by Crippen LogP contribution is 2.50. The molecule has 38 heavy (non-hydrogen) atoms. The van der Waals surface area contributed by atoms with Crippen molar-refractivity contribution in [2.24, 2.45) is 0 Å². The van der Waals surface area contributed by atoms with Crippen LogP contribution in [0.25, 0.3) is 65.7 Å². The summed E-state index contributed by atoms with van der Waals surface area (Å²) < 4.78 is 0. The second kappa shape index (κ2) is 7.55. The Morgan fingerprint density at radius 1 is 0.447 bits per heavy atom. The molecular weight excluding hydrogens is 456 g/mol. The molecule has 7 aromatic rings. The molecule has 0 heteroatoms. The molecule has 0 aliphatic heterocycles. The fourth-order valence-electron chi connectivity index (χ4n) is 6.86. The maximum atomic E-state index is 2.41. The molecule has 7 aromatic carbocycles. The van der Waals surface area contributed by atoms with Gasteiger partial charge in [-0.3, -0.25) is 0 Å². The number of benzene rings is 7. The van der Waals surface area contributed by atoms with Crippen molar-refractivity contribution in [3.63, 3.8) is 0 Å². The van der Waals surface area contributed by atoms with Crippen LogP contribution in [0.5, 0.6) is 0 Å². The van der Waals surface area contributed by atoms with E-state index in [1.807, 2.05) is 0 Å². The number of hydrogen-bond acceptors (Lipinski definition) is 0. The number of aryl methyl sites for hydroxylation is 1. The van der Waals surface area contributed by atoms with E-state index in [1.165, 1.54) is 82.4 Å². The Morgan fingerprint density at radius 3 is 1.76 bits per heavy atom. The van der Waals surface area contributed by atoms with Crippen LogP contribution in [0.4, 0.5) is 0 Å². The van der Waals surface area contributed by atoms with Gasteiger partial charge in [0.25, 0.3) is 0 Å². The van der Waals surface area contributed by atoms with Crippen molar-refractivity contribution in [1.82, 2.24) is 0 Å². The van der Waals surface area contributed by atoms with Crippen LogP contribution in [0.2, 0.25) is 0 Å². The zero-order valence-corrected chi connectivity index (χ0v) is 22.0. The third-order valence-corrected chi connectivity index (χ3v) is 8.89. The fraction of sp³-hybridized carbons (Fsp3) is 0.105. The molecule has 0 fully saturated rings. The van der Waals surface area contributed by atoms with Gasteiger partial charge in [-0.2, -0.15) is 0 Å². The first-order chi connectivity index (χ1) is 18.5. The monoisotopic (exact) mass is 484 g/mol. The Kier molecular flexibility index (Phi) is 4.30. The average molecular weight is 485 g/mol. The molecule has 8 rings (SSSR count). The lowest BCUT2D eigenvalue weighted by atomic mass is 9.81. The molecule has 0 saturated carbocycles. The highest BCUT2D eigenvalue weighted by atomic mass is 14.4. The summed E-state index contributed by atoms with van der Waals surface area (Å²) in [5.74, 6) is 0. The summed E-state index contributed by atoms with van der Waals surface area (Å²) in [4.78, 5) is 0. The van der Waals surface area contributed by atoms with E-state index >= 15 is 0 Å². The molecule has 0 radical (unpaired) electrons. The molecular formula is C38H28. The maximum Gasteiger partial charge on any atom is 0.0159 e. The van der Waals surface area contributed by atoms with Gasteiger partial charge in [0.15, 0.2) is 0 Å². The van der Waals surface area contributed by atoms with Gasteiger partial charge < -0.3 is 0 Å². The summed E-state index contributed by atoms with van der Waals surface area (Å²) in [6.45, 7) is 6.91. The standard InChI is InChI=1S/C38H28/c1-23-7-17-31-32-19-16-29(22-35(32)38(2,3)34(31)21-23)24-8-10-25(11-9-24)30-18-14-28-13-12-26-5-4-6-27-15-20-33(30)37(28)36(26)27/h4-22H,1-3H3. The maximum absolute atomic E-state index is 2.41. The second-order valence-electron chi connectivity index (χ2n) is 11.5. The summed E-state index contributed by atoms with van der Waals surface area (Å²) in [5, 5.41) is 8.00. The Labute approximate surface area is 223 Å². The summed E-state index contributed by atoms with van der Waals surface area (Å²) >= 11 is 0. The van der Waals surface area contributed by atoms with Crippen molar-refractivity contribution in [3.8, 4) is 33.4 Å². The molecule has 0 aromatic heterocycles. The van der Waals surface area contributed by atoms with Crippen LogP contribution in [-0.4, -0.2) is 0 Å². The van der Waals surface area contributed by atoms with Gasteiger partial charge in [0.2, 0.25) is 0 Å². The molecule has 0 spiro atoms. The molecule has 1 aliphatic carbocycles. The Balaban J connectivity index is 1.22. The first-order valence-corrected chi connectivity index (χ1v) is 13.5. The van der Waals surface area contributed by atoms with E-state index < -0.39 is 0 Å². The molecule has 1 aliphatic rings. The van der Waals surface area contributed by atoms with Crippen molar-refractivity contribution in [3.05, 3.63) is 132 Å². The van der Waals surface area contributed by atoms with Gasteiger partial charge in [-0.25, -0.2) is 0 Å². The summed E-state index contributed by atoms with van der Waals surface area (Å²) in [6.07, 6.45) is 0. The lowest BCUT2D eigenvalue weighted by Crippen LogP contribution is -2.15. The molecule has 180 valence electrons. The second-order valence-corrected chi connectivity index (χ2v) is 11.5. The van der Waals surface area contributed by atoms with Crippen LogP contribution >= 0.6 is 0 Å². The van der Waals surface area contributed by atoms with Crippen molar-refractivity contribution in [2.75, 3.05) is 0 Å². The van der Waals surface area contributed by atoms with Crippen LogP contribution < -0.4 is 0 Å². The third kappa shape index (κ3) is 2.92. The molecule has 0 unspecified atom stereocenters. The van der Waals surface area contributed by atoms with E-state index in [9.17, 15) is 0 Å². The zero-order valence-electron chi connectivity index (χ0n) is 22.0. The van der Waals surface area contributed by atoms with Gasteiger partial charge in [-0.05, 0) is 89.8 Å². The van der Waals surface area contributed by atoms with E-state index in [0.717, 1.165) is 0 Å². The molecule has 0 nitrogen and oxygen atoms in total. The number of fused-ring (bicyclic) bond motifs is 3. The average Bonchev–Trinajstić information content (AvgIpc) is 3.17. The number of hydrogen-bond donors (Lipinski definition) is 0.